The summed E-state index contributed by atoms with van der Waals surface area (Å²) in [6.07, 6.45) is 4.93. The Kier molecular flexibility index (Phi) is 7.08. The first-order valence-corrected chi connectivity index (χ1v) is 8.67. The van der Waals surface area contributed by atoms with Crippen LogP contribution < -0.4 is 5.32 Å². The summed E-state index contributed by atoms with van der Waals surface area (Å²) in [5.74, 6) is -0.230. The Balaban J connectivity index is 2.10. The minimum absolute atomic E-state index is 0.114. The van der Waals surface area contributed by atoms with Crippen LogP contribution in [0.3, 0.4) is 0 Å². The van der Waals surface area contributed by atoms with Gasteiger partial charge in [0, 0.05) is 26.0 Å². The van der Waals surface area contributed by atoms with Crippen molar-refractivity contribution < 1.29 is 14.3 Å². The van der Waals surface area contributed by atoms with Crippen molar-refractivity contribution in [2.45, 2.75) is 26.7 Å². The molecule has 138 valence electrons. The largest absolute Gasteiger partial charge is 0.462 e. The summed E-state index contributed by atoms with van der Waals surface area (Å²) in [6, 6.07) is 6.96. The number of anilines is 2. The Morgan fingerprint density at radius 3 is 2.50 bits per heavy atom. The van der Waals surface area contributed by atoms with Gasteiger partial charge in [-0.05, 0) is 25.5 Å². The number of carbonyl (C=O) groups excluding carboxylic acids is 2. The lowest BCUT2D eigenvalue weighted by Crippen LogP contribution is -2.27. The smallest absolute Gasteiger partial charge is 0.340 e. The van der Waals surface area contributed by atoms with Gasteiger partial charge in [-0.3, -0.25) is 4.79 Å². The third-order valence-electron chi connectivity index (χ3n) is 3.76. The monoisotopic (exact) mass is 356 g/mol. The third kappa shape index (κ3) is 5.02. The molecule has 0 spiro atoms. The molecule has 2 rings (SSSR count). The van der Waals surface area contributed by atoms with E-state index >= 15 is 0 Å². The molecular formula is C19H24N4O3. The quantitative estimate of drug-likeness (QED) is 0.731. The number of hydrogen-bond acceptors (Lipinski definition) is 6. The summed E-state index contributed by atoms with van der Waals surface area (Å²) in [5.41, 5.74) is 1.37. The van der Waals surface area contributed by atoms with Crippen LogP contribution in [0, 0.1) is 0 Å². The van der Waals surface area contributed by atoms with E-state index in [1.54, 1.807) is 43.1 Å². The fraction of sp³-hybridized carbons (Fsp3) is 0.368. The second kappa shape index (κ2) is 9.50. The van der Waals surface area contributed by atoms with Gasteiger partial charge in [-0.2, -0.15) is 0 Å². The lowest BCUT2D eigenvalue weighted by Gasteiger charge is -2.16. The molecule has 1 aromatic carbocycles. The van der Waals surface area contributed by atoms with Crippen LogP contribution in [0.1, 0.15) is 47.4 Å². The first-order valence-electron chi connectivity index (χ1n) is 8.67. The van der Waals surface area contributed by atoms with E-state index in [4.69, 9.17) is 4.74 Å². The van der Waals surface area contributed by atoms with Crippen molar-refractivity contribution in [3.63, 3.8) is 0 Å². The highest BCUT2D eigenvalue weighted by molar-refractivity contribution is 5.96. The molecule has 0 fully saturated rings. The number of nitrogens with one attached hydrogen (secondary N) is 1. The van der Waals surface area contributed by atoms with Crippen LogP contribution in [0.15, 0.2) is 36.7 Å². The topological polar surface area (TPSA) is 84.4 Å². The summed E-state index contributed by atoms with van der Waals surface area (Å²) in [4.78, 5) is 34.3. The SMILES string of the molecule is CCCCN(C)C(=O)c1cnc(Nc2ccccc2C(=O)OCC)nc1. The molecule has 1 aromatic heterocycles. The van der Waals surface area contributed by atoms with Crippen molar-refractivity contribution >= 4 is 23.5 Å². The van der Waals surface area contributed by atoms with Crippen LogP contribution in [0.4, 0.5) is 11.6 Å². The molecule has 26 heavy (non-hydrogen) atoms. The first kappa shape index (κ1) is 19.4. The van der Waals surface area contributed by atoms with Crippen LogP contribution in [-0.4, -0.2) is 46.9 Å². The van der Waals surface area contributed by atoms with Gasteiger partial charge in [-0.15, -0.1) is 0 Å². The van der Waals surface area contributed by atoms with Gasteiger partial charge in [0.15, 0.2) is 0 Å². The predicted molar refractivity (Wildman–Crippen MR) is 99.6 cm³/mol. The Morgan fingerprint density at radius 1 is 1.15 bits per heavy atom. The number of benzene rings is 1. The molecular weight excluding hydrogens is 332 g/mol. The Labute approximate surface area is 153 Å². The maximum absolute atomic E-state index is 12.3. The zero-order chi connectivity index (χ0) is 18.9. The molecule has 1 amide bonds. The van der Waals surface area contributed by atoms with Gasteiger partial charge in [0.1, 0.15) is 0 Å². The van der Waals surface area contributed by atoms with Crippen LogP contribution in [0.2, 0.25) is 0 Å². The molecule has 0 aliphatic heterocycles. The van der Waals surface area contributed by atoms with Gasteiger partial charge < -0.3 is 15.0 Å². The number of ether oxygens (including phenoxy) is 1. The molecule has 1 N–H and O–H groups in total. The molecule has 0 aliphatic rings. The summed E-state index contributed by atoms with van der Waals surface area (Å²) in [5, 5.41) is 2.99. The lowest BCUT2D eigenvalue weighted by atomic mass is 10.2. The van der Waals surface area contributed by atoms with Crippen LogP contribution in [0.5, 0.6) is 0 Å². The molecule has 0 aliphatic carbocycles. The number of nitrogens with zero attached hydrogens (tertiary/aromatic N) is 3. The average molecular weight is 356 g/mol. The molecule has 7 nitrogen and oxygen atoms in total. The minimum atomic E-state index is -0.417. The Hall–Kier alpha value is -2.96. The number of hydrogen-bond donors (Lipinski definition) is 1. The van der Waals surface area contributed by atoms with Gasteiger partial charge in [0.2, 0.25) is 5.95 Å². The molecule has 0 saturated carbocycles. The highest BCUT2D eigenvalue weighted by atomic mass is 16.5. The zero-order valence-corrected chi connectivity index (χ0v) is 15.4. The number of unbranched alkanes of at least 4 members (excludes halogenated alkanes) is 1. The normalized spacial score (nSPS) is 10.3. The van der Waals surface area contributed by atoms with E-state index in [2.05, 4.69) is 22.2 Å². The highest BCUT2D eigenvalue weighted by Gasteiger charge is 2.14. The van der Waals surface area contributed by atoms with Crippen molar-refractivity contribution in [3.05, 3.63) is 47.8 Å². The minimum Gasteiger partial charge on any atom is -0.462 e. The Morgan fingerprint density at radius 2 is 1.85 bits per heavy atom. The number of aromatic nitrogens is 2. The number of carbonyl (C=O) groups is 2. The second-order valence-electron chi connectivity index (χ2n) is 5.77. The summed E-state index contributed by atoms with van der Waals surface area (Å²) in [7, 11) is 1.76. The third-order valence-corrected chi connectivity index (χ3v) is 3.76. The van der Waals surface area contributed by atoms with E-state index in [1.807, 2.05) is 0 Å². The van der Waals surface area contributed by atoms with Crippen molar-refractivity contribution in [2.75, 3.05) is 25.5 Å². The summed E-state index contributed by atoms with van der Waals surface area (Å²) < 4.78 is 5.05. The molecule has 0 atom stereocenters. The molecule has 1 heterocycles. The van der Waals surface area contributed by atoms with E-state index < -0.39 is 5.97 Å². The van der Waals surface area contributed by atoms with E-state index in [9.17, 15) is 9.59 Å². The number of para-hydroxylation sites is 1. The van der Waals surface area contributed by atoms with Gasteiger partial charge in [0.05, 0.1) is 23.4 Å². The fourth-order valence-electron chi connectivity index (χ4n) is 2.32. The molecule has 0 saturated heterocycles. The van der Waals surface area contributed by atoms with Gasteiger partial charge in [0.25, 0.3) is 5.91 Å². The summed E-state index contributed by atoms with van der Waals surface area (Å²) >= 11 is 0. The molecule has 0 bridgehead atoms. The lowest BCUT2D eigenvalue weighted by molar-refractivity contribution is 0.0527. The Bertz CT molecular complexity index is 747. The number of rotatable bonds is 8. The van der Waals surface area contributed by atoms with Gasteiger partial charge in [-0.1, -0.05) is 25.5 Å². The summed E-state index contributed by atoms with van der Waals surface area (Å²) in [6.45, 7) is 4.83. The molecule has 0 unspecified atom stereocenters. The van der Waals surface area contributed by atoms with Crippen molar-refractivity contribution in [2.24, 2.45) is 0 Å². The average Bonchev–Trinajstić information content (AvgIpc) is 2.66. The van der Waals surface area contributed by atoms with Gasteiger partial charge >= 0.3 is 5.97 Å². The molecule has 2 aromatic rings. The number of amides is 1. The van der Waals surface area contributed by atoms with E-state index in [-0.39, 0.29) is 5.91 Å². The maximum Gasteiger partial charge on any atom is 0.340 e. The van der Waals surface area contributed by atoms with Crippen molar-refractivity contribution in [3.8, 4) is 0 Å². The van der Waals surface area contributed by atoms with Crippen LogP contribution in [-0.2, 0) is 4.74 Å². The van der Waals surface area contributed by atoms with Crippen molar-refractivity contribution in [1.82, 2.24) is 14.9 Å². The zero-order valence-electron chi connectivity index (χ0n) is 15.4. The van der Waals surface area contributed by atoms with Crippen LogP contribution >= 0.6 is 0 Å². The van der Waals surface area contributed by atoms with E-state index in [1.165, 1.54) is 12.4 Å². The number of esters is 1. The van der Waals surface area contributed by atoms with Crippen molar-refractivity contribution in [1.29, 1.82) is 0 Å². The molecule has 0 radical (unpaired) electrons. The van der Waals surface area contributed by atoms with Crippen LogP contribution in [0.25, 0.3) is 0 Å². The first-order chi connectivity index (χ1) is 12.6. The maximum atomic E-state index is 12.3. The predicted octanol–water partition coefficient (Wildman–Crippen LogP) is 3.27. The standard InChI is InChI=1S/C19H24N4O3/c1-4-6-11-23(3)17(24)14-12-20-19(21-13-14)22-16-10-8-7-9-15(16)18(25)26-5-2/h7-10,12-13H,4-6,11H2,1-3H3,(H,20,21,22). The van der Waals surface area contributed by atoms with E-state index in [0.29, 0.717) is 35.9 Å². The second-order valence-corrected chi connectivity index (χ2v) is 5.77. The highest BCUT2D eigenvalue weighted by Crippen LogP contribution is 2.19. The fourth-order valence-corrected chi connectivity index (χ4v) is 2.32. The van der Waals surface area contributed by atoms with E-state index in [0.717, 1.165) is 12.8 Å². The van der Waals surface area contributed by atoms with Gasteiger partial charge in [-0.25, -0.2) is 14.8 Å². The molecule has 7 heteroatoms.